The van der Waals surface area contributed by atoms with E-state index in [0.29, 0.717) is 38.5 Å². The number of ether oxygens (including phenoxy) is 1. The highest BCUT2D eigenvalue weighted by Gasteiger charge is 2.26. The summed E-state index contributed by atoms with van der Waals surface area (Å²) in [6, 6.07) is 9.35. The van der Waals surface area contributed by atoms with Crippen molar-refractivity contribution in [1.29, 1.82) is 5.26 Å². The molecule has 180 valence electrons. The lowest BCUT2D eigenvalue weighted by Gasteiger charge is -2.34. The minimum absolute atomic E-state index is 0.0591. The van der Waals surface area contributed by atoms with Gasteiger partial charge in [-0.2, -0.15) is 5.26 Å². The number of piperazine rings is 1. The van der Waals surface area contributed by atoms with E-state index >= 15 is 0 Å². The van der Waals surface area contributed by atoms with Gasteiger partial charge in [-0.05, 0) is 62.7 Å². The normalized spacial score (nSPS) is 15.1. The zero-order chi connectivity index (χ0) is 24.8. The van der Waals surface area contributed by atoms with Crippen molar-refractivity contribution in [3.05, 3.63) is 58.7 Å². The molecule has 34 heavy (non-hydrogen) atoms. The molecule has 1 aromatic heterocycles. The number of aryl methyl sites for hydroxylation is 1. The van der Waals surface area contributed by atoms with Crippen LogP contribution < -0.4 is 5.32 Å². The lowest BCUT2D eigenvalue weighted by molar-refractivity contribution is -0.127. The van der Waals surface area contributed by atoms with Gasteiger partial charge >= 0.3 is 6.03 Å². The SMILES string of the molecule is COCC(C)n1c(C)cc(/C=C(\C#N)C(=O)N2CCN(C(=O)Nc3ccc(F)cc3)CC2)c1C. The summed E-state index contributed by atoms with van der Waals surface area (Å²) in [4.78, 5) is 28.7. The molecule has 0 radical (unpaired) electrons. The summed E-state index contributed by atoms with van der Waals surface area (Å²) >= 11 is 0. The summed E-state index contributed by atoms with van der Waals surface area (Å²) in [5, 5.41) is 12.4. The van der Waals surface area contributed by atoms with Gasteiger partial charge in [0.1, 0.15) is 17.5 Å². The zero-order valence-corrected chi connectivity index (χ0v) is 20.0. The third-order valence-corrected chi connectivity index (χ3v) is 5.97. The van der Waals surface area contributed by atoms with Gasteiger partial charge in [0.25, 0.3) is 5.91 Å². The molecule has 1 aliphatic heterocycles. The fourth-order valence-corrected chi connectivity index (χ4v) is 4.26. The summed E-state index contributed by atoms with van der Waals surface area (Å²) in [6.07, 6.45) is 1.63. The Morgan fingerprint density at radius 3 is 2.38 bits per heavy atom. The van der Waals surface area contributed by atoms with Crippen molar-refractivity contribution in [2.75, 3.05) is 45.2 Å². The molecule has 9 heteroatoms. The number of nitriles is 1. The lowest BCUT2D eigenvalue weighted by Crippen LogP contribution is -2.51. The van der Waals surface area contributed by atoms with Gasteiger partial charge in [-0.25, -0.2) is 9.18 Å². The number of aromatic nitrogens is 1. The van der Waals surface area contributed by atoms with Crippen LogP contribution in [0, 0.1) is 31.0 Å². The van der Waals surface area contributed by atoms with E-state index < -0.39 is 0 Å². The number of carbonyl (C=O) groups is 2. The molecule has 2 heterocycles. The van der Waals surface area contributed by atoms with Gasteiger partial charge in [-0.3, -0.25) is 4.79 Å². The monoisotopic (exact) mass is 467 g/mol. The predicted octanol–water partition coefficient (Wildman–Crippen LogP) is 3.73. The maximum Gasteiger partial charge on any atom is 0.321 e. The first-order valence-electron chi connectivity index (χ1n) is 11.1. The lowest BCUT2D eigenvalue weighted by atomic mass is 10.1. The van der Waals surface area contributed by atoms with Crippen molar-refractivity contribution in [1.82, 2.24) is 14.4 Å². The van der Waals surface area contributed by atoms with Crippen molar-refractivity contribution in [3.63, 3.8) is 0 Å². The Morgan fingerprint density at radius 1 is 1.18 bits per heavy atom. The van der Waals surface area contributed by atoms with Crippen molar-refractivity contribution >= 4 is 23.7 Å². The molecule has 1 N–H and O–H groups in total. The molecule has 1 unspecified atom stereocenters. The highest BCUT2D eigenvalue weighted by atomic mass is 19.1. The highest BCUT2D eigenvalue weighted by molar-refractivity contribution is 6.02. The number of rotatable bonds is 6. The molecule has 0 saturated carbocycles. The fraction of sp³-hybridized carbons (Fsp3) is 0.400. The maximum absolute atomic E-state index is 13.0. The molecule has 0 spiro atoms. The van der Waals surface area contributed by atoms with E-state index in [0.717, 1.165) is 17.0 Å². The molecule has 1 aromatic carbocycles. The van der Waals surface area contributed by atoms with Gasteiger partial charge in [0.15, 0.2) is 0 Å². The van der Waals surface area contributed by atoms with Gasteiger partial charge in [0.2, 0.25) is 0 Å². The molecule has 3 rings (SSSR count). The van der Waals surface area contributed by atoms with Crippen LogP contribution in [0.1, 0.15) is 29.9 Å². The van der Waals surface area contributed by atoms with E-state index in [4.69, 9.17) is 4.74 Å². The smallest absolute Gasteiger partial charge is 0.321 e. The van der Waals surface area contributed by atoms with Gasteiger partial charge in [0.05, 0.1) is 12.6 Å². The summed E-state index contributed by atoms with van der Waals surface area (Å²) in [5.41, 5.74) is 3.37. The van der Waals surface area contributed by atoms with Crippen LogP contribution in [0.25, 0.3) is 6.08 Å². The van der Waals surface area contributed by atoms with Crippen LogP contribution in [0.5, 0.6) is 0 Å². The van der Waals surface area contributed by atoms with Crippen LogP contribution in [-0.4, -0.2) is 66.2 Å². The Kier molecular flexibility index (Phi) is 8.08. The largest absolute Gasteiger partial charge is 0.383 e. The molecule has 1 saturated heterocycles. The van der Waals surface area contributed by atoms with E-state index in [1.54, 1.807) is 23.0 Å². The van der Waals surface area contributed by atoms with Crippen LogP contribution in [0.15, 0.2) is 35.9 Å². The molecule has 3 amide bonds. The molecular formula is C25H30FN5O3. The summed E-state index contributed by atoms with van der Waals surface area (Å²) in [7, 11) is 1.66. The number of anilines is 1. The Morgan fingerprint density at radius 2 is 1.79 bits per heavy atom. The van der Waals surface area contributed by atoms with Crippen LogP contribution in [0.2, 0.25) is 0 Å². The molecule has 0 aliphatic carbocycles. The maximum atomic E-state index is 13.0. The second kappa shape index (κ2) is 11.0. The van der Waals surface area contributed by atoms with Gasteiger partial charge in [-0.1, -0.05) is 0 Å². The Bertz CT molecular complexity index is 1110. The number of urea groups is 1. The summed E-state index contributed by atoms with van der Waals surface area (Å²) < 4.78 is 20.4. The van der Waals surface area contributed by atoms with Crippen molar-refractivity contribution in [2.45, 2.75) is 26.8 Å². The Hall–Kier alpha value is -3.64. The van der Waals surface area contributed by atoms with E-state index in [9.17, 15) is 19.2 Å². The van der Waals surface area contributed by atoms with E-state index in [2.05, 4.69) is 16.8 Å². The molecule has 2 aromatic rings. The second-order valence-electron chi connectivity index (χ2n) is 8.39. The standard InChI is InChI=1S/C25H30FN5O3/c1-17-13-20(19(3)31(17)18(2)16-34-4)14-21(15-27)24(32)29-9-11-30(12-10-29)25(33)28-23-7-5-22(26)6-8-23/h5-8,13-14,18H,9-12,16H2,1-4H3,(H,28,33)/b21-14+. The first-order chi connectivity index (χ1) is 16.2. The average Bonchev–Trinajstić information content (AvgIpc) is 3.11. The van der Waals surface area contributed by atoms with E-state index in [1.165, 1.54) is 24.3 Å². The number of carbonyl (C=O) groups excluding carboxylic acids is 2. The fourth-order valence-electron chi connectivity index (χ4n) is 4.26. The number of hydrogen-bond donors (Lipinski definition) is 1. The zero-order valence-electron chi connectivity index (χ0n) is 20.0. The van der Waals surface area contributed by atoms with Crippen LogP contribution in [0.4, 0.5) is 14.9 Å². The Labute approximate surface area is 199 Å². The highest BCUT2D eigenvalue weighted by Crippen LogP contribution is 2.23. The quantitative estimate of drug-likeness (QED) is 0.518. The first kappa shape index (κ1) is 25.0. The topological polar surface area (TPSA) is 90.6 Å². The number of hydrogen-bond acceptors (Lipinski definition) is 4. The summed E-state index contributed by atoms with van der Waals surface area (Å²) in [6.45, 7) is 7.86. The third-order valence-electron chi connectivity index (χ3n) is 5.97. The Balaban J connectivity index is 1.65. The average molecular weight is 468 g/mol. The number of amides is 3. The predicted molar refractivity (Wildman–Crippen MR) is 128 cm³/mol. The van der Waals surface area contributed by atoms with Gasteiger partial charge in [-0.15, -0.1) is 0 Å². The first-order valence-corrected chi connectivity index (χ1v) is 11.1. The number of benzene rings is 1. The van der Waals surface area contributed by atoms with E-state index in [1.807, 2.05) is 26.0 Å². The van der Waals surface area contributed by atoms with Gasteiger partial charge < -0.3 is 24.4 Å². The van der Waals surface area contributed by atoms with Crippen LogP contribution in [-0.2, 0) is 9.53 Å². The second-order valence-corrected chi connectivity index (χ2v) is 8.39. The molecular weight excluding hydrogens is 437 g/mol. The minimum Gasteiger partial charge on any atom is -0.383 e. The van der Waals surface area contributed by atoms with Crippen molar-refractivity contribution in [3.8, 4) is 6.07 Å². The van der Waals surface area contributed by atoms with Crippen LogP contribution in [0.3, 0.4) is 0 Å². The van der Waals surface area contributed by atoms with Crippen molar-refractivity contribution in [2.24, 2.45) is 0 Å². The number of halogens is 1. The van der Waals surface area contributed by atoms with Crippen molar-refractivity contribution < 1.29 is 18.7 Å². The molecule has 8 nitrogen and oxygen atoms in total. The summed E-state index contributed by atoms with van der Waals surface area (Å²) in [5.74, 6) is -0.728. The van der Waals surface area contributed by atoms with Crippen LogP contribution >= 0.6 is 0 Å². The van der Waals surface area contributed by atoms with Gasteiger partial charge in [0, 0.05) is 50.4 Å². The molecule has 0 bridgehead atoms. The molecule has 1 aliphatic rings. The third kappa shape index (κ3) is 5.64. The molecule has 1 atom stereocenters. The molecule has 1 fully saturated rings. The number of methoxy groups -OCH3 is 1. The number of nitrogens with zero attached hydrogens (tertiary/aromatic N) is 4. The minimum atomic E-state index is -0.377. The van der Waals surface area contributed by atoms with E-state index in [-0.39, 0.29) is 29.4 Å². The number of nitrogens with one attached hydrogen (secondary N) is 1.